The summed E-state index contributed by atoms with van der Waals surface area (Å²) in [5.41, 5.74) is 2.65. The summed E-state index contributed by atoms with van der Waals surface area (Å²) in [5.74, 6) is 0.117. The fraction of sp³-hybridized carbons (Fsp3) is 0.417. The van der Waals surface area contributed by atoms with Crippen molar-refractivity contribution in [3.63, 3.8) is 0 Å². The molecule has 1 N–H and O–H groups in total. The minimum absolute atomic E-state index is 0.117. The van der Waals surface area contributed by atoms with Crippen LogP contribution in [0.1, 0.15) is 24.0 Å². The average molecular weight is 270 g/mol. The lowest BCUT2D eigenvalue weighted by Crippen LogP contribution is -2.17. The lowest BCUT2D eigenvalue weighted by Gasteiger charge is -2.06. The van der Waals surface area contributed by atoms with Crippen LogP contribution in [-0.2, 0) is 16.5 Å². The Morgan fingerprint density at radius 1 is 1.33 bits per heavy atom. The number of rotatable bonds is 5. The van der Waals surface area contributed by atoms with Crippen molar-refractivity contribution in [2.24, 2.45) is 0 Å². The van der Waals surface area contributed by atoms with Gasteiger partial charge in [-0.15, -0.1) is 0 Å². The van der Waals surface area contributed by atoms with Crippen LogP contribution in [-0.4, -0.2) is 13.0 Å². The van der Waals surface area contributed by atoms with Crippen molar-refractivity contribution in [3.8, 4) is 0 Å². The van der Waals surface area contributed by atoms with E-state index >= 15 is 0 Å². The molecule has 0 aliphatic rings. The monoisotopic (exact) mass is 269 g/mol. The number of halogens is 1. The number of nitrogens with one attached hydrogen (secondary N) is 1. The predicted molar refractivity (Wildman–Crippen MR) is 66.1 cm³/mol. The minimum atomic E-state index is 0.117. The maximum absolute atomic E-state index is 11.0. The molecule has 2 nitrogen and oxygen atoms in total. The summed E-state index contributed by atoms with van der Waals surface area (Å²) in [4.78, 5) is 11.0. The highest BCUT2D eigenvalue weighted by atomic mass is 79.9. The Labute approximate surface area is 99.2 Å². The van der Waals surface area contributed by atoms with Crippen molar-refractivity contribution in [3.05, 3.63) is 35.4 Å². The van der Waals surface area contributed by atoms with Gasteiger partial charge in [-0.2, -0.15) is 0 Å². The summed E-state index contributed by atoms with van der Waals surface area (Å²) >= 11 is 3.46. The lowest BCUT2D eigenvalue weighted by molar-refractivity contribution is -0.120. The summed E-state index contributed by atoms with van der Waals surface area (Å²) in [6.45, 7) is 0. The van der Waals surface area contributed by atoms with Crippen LogP contribution < -0.4 is 5.32 Å². The molecular weight excluding hydrogens is 254 g/mol. The maximum Gasteiger partial charge on any atom is 0.219 e. The van der Waals surface area contributed by atoms with Crippen LogP contribution in [0.15, 0.2) is 24.3 Å². The first-order valence-electron chi connectivity index (χ1n) is 5.11. The van der Waals surface area contributed by atoms with Crippen LogP contribution in [0.25, 0.3) is 0 Å². The van der Waals surface area contributed by atoms with Crippen LogP contribution >= 0.6 is 15.9 Å². The van der Waals surface area contributed by atoms with E-state index in [4.69, 9.17) is 0 Å². The molecule has 0 unspecified atom stereocenters. The Morgan fingerprint density at radius 3 is 2.60 bits per heavy atom. The van der Waals surface area contributed by atoms with Gasteiger partial charge >= 0.3 is 0 Å². The summed E-state index contributed by atoms with van der Waals surface area (Å²) in [7, 11) is 1.68. The molecule has 0 aromatic heterocycles. The Balaban J connectivity index is 2.46. The van der Waals surface area contributed by atoms with Gasteiger partial charge < -0.3 is 5.32 Å². The van der Waals surface area contributed by atoms with Crippen molar-refractivity contribution in [2.75, 3.05) is 7.05 Å². The van der Waals surface area contributed by atoms with Crippen LogP contribution in [0, 0.1) is 0 Å². The third-order valence-electron chi connectivity index (χ3n) is 2.39. The Hall–Kier alpha value is -0.830. The summed E-state index contributed by atoms with van der Waals surface area (Å²) in [6, 6.07) is 8.32. The zero-order chi connectivity index (χ0) is 11.1. The van der Waals surface area contributed by atoms with Gasteiger partial charge in [0.2, 0.25) is 5.91 Å². The standard InChI is InChI=1S/C12H16BrNO/c1-14-12(15)8-4-7-10-5-2-3-6-11(10)9-13/h2-3,5-6H,4,7-9H2,1H3,(H,14,15). The molecule has 1 aromatic carbocycles. The number of amides is 1. The molecule has 0 bridgehead atoms. The second-order valence-electron chi connectivity index (χ2n) is 3.43. The van der Waals surface area contributed by atoms with Crippen LogP contribution in [0.5, 0.6) is 0 Å². The van der Waals surface area contributed by atoms with E-state index in [2.05, 4.69) is 33.4 Å². The van der Waals surface area contributed by atoms with E-state index < -0.39 is 0 Å². The van der Waals surface area contributed by atoms with E-state index in [0.717, 1.165) is 18.2 Å². The third-order valence-corrected chi connectivity index (χ3v) is 3.00. The van der Waals surface area contributed by atoms with Gasteiger partial charge in [-0.25, -0.2) is 0 Å². The predicted octanol–water partition coefficient (Wildman–Crippen LogP) is 2.65. The molecule has 82 valence electrons. The van der Waals surface area contributed by atoms with Crippen molar-refractivity contribution < 1.29 is 4.79 Å². The molecule has 0 fully saturated rings. The Morgan fingerprint density at radius 2 is 2.00 bits per heavy atom. The first-order chi connectivity index (χ1) is 7.27. The van der Waals surface area contributed by atoms with Gasteiger partial charge in [0, 0.05) is 18.8 Å². The fourth-order valence-corrected chi connectivity index (χ4v) is 2.04. The van der Waals surface area contributed by atoms with Crippen LogP contribution in [0.2, 0.25) is 0 Å². The third kappa shape index (κ3) is 4.04. The normalized spacial score (nSPS) is 10.0. The molecular formula is C12H16BrNO. The van der Waals surface area contributed by atoms with Crippen molar-refractivity contribution in [1.29, 1.82) is 0 Å². The first-order valence-corrected chi connectivity index (χ1v) is 6.23. The number of carbonyl (C=O) groups excluding carboxylic acids is 1. The highest BCUT2D eigenvalue weighted by Crippen LogP contribution is 2.14. The molecule has 0 saturated heterocycles. The maximum atomic E-state index is 11.0. The van der Waals surface area contributed by atoms with Gasteiger partial charge in [0.15, 0.2) is 0 Å². The number of carbonyl (C=O) groups is 1. The van der Waals surface area contributed by atoms with Gasteiger partial charge in [-0.3, -0.25) is 4.79 Å². The molecule has 1 amide bonds. The van der Waals surface area contributed by atoms with E-state index in [1.807, 2.05) is 12.1 Å². The zero-order valence-corrected chi connectivity index (χ0v) is 10.5. The summed E-state index contributed by atoms with van der Waals surface area (Å²) in [6.07, 6.45) is 2.48. The Bertz CT molecular complexity index is 325. The van der Waals surface area contributed by atoms with E-state index in [9.17, 15) is 4.79 Å². The molecule has 0 aliphatic heterocycles. The summed E-state index contributed by atoms with van der Waals surface area (Å²) < 4.78 is 0. The largest absolute Gasteiger partial charge is 0.359 e. The smallest absolute Gasteiger partial charge is 0.219 e. The molecule has 1 rings (SSSR count). The highest BCUT2D eigenvalue weighted by molar-refractivity contribution is 9.08. The van der Waals surface area contributed by atoms with Crippen LogP contribution in [0.4, 0.5) is 0 Å². The van der Waals surface area contributed by atoms with Gasteiger partial charge in [0.1, 0.15) is 0 Å². The van der Waals surface area contributed by atoms with Crippen molar-refractivity contribution in [1.82, 2.24) is 5.32 Å². The second-order valence-corrected chi connectivity index (χ2v) is 3.99. The fourth-order valence-electron chi connectivity index (χ4n) is 1.50. The van der Waals surface area contributed by atoms with Crippen LogP contribution in [0.3, 0.4) is 0 Å². The molecule has 3 heteroatoms. The number of benzene rings is 1. The number of aryl methyl sites for hydroxylation is 1. The lowest BCUT2D eigenvalue weighted by atomic mass is 10.0. The van der Waals surface area contributed by atoms with E-state index in [0.29, 0.717) is 6.42 Å². The number of alkyl halides is 1. The molecule has 0 saturated carbocycles. The van der Waals surface area contributed by atoms with E-state index in [-0.39, 0.29) is 5.91 Å². The van der Waals surface area contributed by atoms with Gasteiger partial charge in [0.05, 0.1) is 0 Å². The van der Waals surface area contributed by atoms with Crippen molar-refractivity contribution in [2.45, 2.75) is 24.6 Å². The van der Waals surface area contributed by atoms with E-state index in [1.54, 1.807) is 7.05 Å². The molecule has 0 atom stereocenters. The minimum Gasteiger partial charge on any atom is -0.359 e. The quantitative estimate of drug-likeness (QED) is 0.819. The first kappa shape index (κ1) is 12.2. The summed E-state index contributed by atoms with van der Waals surface area (Å²) in [5, 5.41) is 3.51. The van der Waals surface area contributed by atoms with Gasteiger partial charge in [-0.1, -0.05) is 40.2 Å². The molecule has 0 spiro atoms. The molecule has 0 heterocycles. The van der Waals surface area contributed by atoms with Gasteiger partial charge in [-0.05, 0) is 24.0 Å². The van der Waals surface area contributed by atoms with Crippen molar-refractivity contribution >= 4 is 21.8 Å². The zero-order valence-electron chi connectivity index (χ0n) is 8.92. The average Bonchev–Trinajstić information content (AvgIpc) is 2.29. The molecule has 0 radical (unpaired) electrons. The Kier molecular flexibility index (Phi) is 5.40. The SMILES string of the molecule is CNC(=O)CCCc1ccccc1CBr. The second kappa shape index (κ2) is 6.62. The van der Waals surface area contributed by atoms with Gasteiger partial charge in [0.25, 0.3) is 0 Å². The topological polar surface area (TPSA) is 29.1 Å². The molecule has 15 heavy (non-hydrogen) atoms. The highest BCUT2D eigenvalue weighted by Gasteiger charge is 2.02. The number of hydrogen-bond donors (Lipinski definition) is 1. The molecule has 1 aromatic rings. The molecule has 0 aliphatic carbocycles. The van der Waals surface area contributed by atoms with E-state index in [1.165, 1.54) is 11.1 Å². The number of hydrogen-bond acceptors (Lipinski definition) is 1.